The van der Waals surface area contributed by atoms with Crippen molar-refractivity contribution in [1.29, 1.82) is 0 Å². The lowest BCUT2D eigenvalue weighted by Crippen LogP contribution is -2.31. The van der Waals surface area contributed by atoms with Crippen LogP contribution in [0.25, 0.3) is 55.5 Å². The van der Waals surface area contributed by atoms with Gasteiger partial charge in [0.2, 0.25) is 6.33 Å². The Hall–Kier alpha value is -7.04. The average Bonchev–Trinajstić information content (AvgIpc) is 3.82. The van der Waals surface area contributed by atoms with Gasteiger partial charge in [-0.05, 0) is 107 Å². The largest absolute Gasteiger partial charge is 0.294 e. The fourth-order valence-electron chi connectivity index (χ4n) is 9.00. The lowest BCUT2D eigenvalue weighted by atomic mass is 9.65. The van der Waals surface area contributed by atoms with Gasteiger partial charge in [0.15, 0.2) is 11.0 Å². The minimum absolute atomic E-state index is 0.642. The molecular weight excluding hydrogens is 681 g/mol. The van der Waals surface area contributed by atoms with Crippen LogP contribution in [0.3, 0.4) is 0 Å². The minimum atomic E-state index is -2.35. The monoisotopic (exact) mass is 724 g/mol. The molecule has 10 aromatic rings. The molecule has 4 nitrogen and oxygen atoms in total. The zero-order chi connectivity index (χ0) is 40.3. The highest BCUT2D eigenvalue weighted by Gasteiger charge is 2.39. The first-order valence-corrected chi connectivity index (χ1v) is 19.0. The lowest BCUT2D eigenvalue weighted by Gasteiger charge is -2.37. The summed E-state index contributed by atoms with van der Waals surface area (Å²) in [4.78, 5) is 5.04. The quantitative estimate of drug-likeness (QED) is 0.119. The van der Waals surface area contributed by atoms with E-state index in [-0.39, 0.29) is 0 Å². The van der Waals surface area contributed by atoms with Crippen LogP contribution in [0.1, 0.15) is 37.5 Å². The highest BCUT2D eigenvalue weighted by atomic mass is 15.1. The molecule has 3 aromatic heterocycles. The van der Waals surface area contributed by atoms with Gasteiger partial charge in [-0.1, -0.05) is 133 Å². The maximum Gasteiger partial charge on any atom is 0.249 e. The SMILES string of the molecule is [2H]C([2H])([2H])[n+]1cn(-c2cccc(C(c3ccccc3)(c3ccccc3)c3ccc4c5ccccc5n(-c5cc(-c6c(C)cccc6C)ccn5)c4c3)c2)c2ccccc21. The number of fused-ring (bicyclic) bond motifs is 4. The van der Waals surface area contributed by atoms with Crippen molar-refractivity contribution in [3.05, 3.63) is 228 Å². The second kappa shape index (κ2) is 13.4. The second-order valence-corrected chi connectivity index (χ2v) is 14.6. The van der Waals surface area contributed by atoms with Crippen molar-refractivity contribution in [2.45, 2.75) is 19.3 Å². The zero-order valence-corrected chi connectivity index (χ0v) is 31.3. The van der Waals surface area contributed by atoms with Crippen molar-refractivity contribution in [2.75, 3.05) is 0 Å². The van der Waals surface area contributed by atoms with Gasteiger partial charge in [-0.2, -0.15) is 4.57 Å². The molecule has 0 aliphatic heterocycles. The van der Waals surface area contributed by atoms with Crippen LogP contribution in [-0.2, 0) is 12.4 Å². The Morgan fingerprint density at radius 2 is 1.16 bits per heavy atom. The molecular formula is C52H41N4+. The van der Waals surface area contributed by atoms with Crippen LogP contribution in [0.5, 0.6) is 0 Å². The molecule has 10 rings (SSSR count). The molecule has 0 amide bonds. The summed E-state index contributed by atoms with van der Waals surface area (Å²) in [6.07, 6.45) is 3.62. The number of hydrogen-bond donors (Lipinski definition) is 0. The van der Waals surface area contributed by atoms with Gasteiger partial charge < -0.3 is 0 Å². The number of benzene rings is 7. The van der Waals surface area contributed by atoms with E-state index in [4.69, 9.17) is 9.10 Å². The number of nitrogens with zero attached hydrogens (tertiary/aromatic N) is 4. The summed E-state index contributed by atoms with van der Waals surface area (Å²) < 4.78 is 30.7. The van der Waals surface area contributed by atoms with Crippen LogP contribution in [0, 0.1) is 13.8 Å². The van der Waals surface area contributed by atoms with Gasteiger partial charge in [0.1, 0.15) is 11.5 Å². The van der Waals surface area contributed by atoms with E-state index in [0.717, 1.165) is 66.6 Å². The normalized spacial score (nSPS) is 12.9. The van der Waals surface area contributed by atoms with Gasteiger partial charge in [0.25, 0.3) is 0 Å². The topological polar surface area (TPSA) is 26.6 Å². The first-order chi connectivity index (χ1) is 28.7. The fraction of sp³-hybridized carbons (Fsp3) is 0.0769. The maximum atomic E-state index is 8.35. The summed E-state index contributed by atoms with van der Waals surface area (Å²) in [7, 11) is 0. The van der Waals surface area contributed by atoms with Gasteiger partial charge in [0, 0.05) is 17.0 Å². The predicted octanol–water partition coefficient (Wildman–Crippen LogP) is 11.6. The van der Waals surface area contributed by atoms with E-state index in [9.17, 15) is 0 Å². The number of pyridine rings is 1. The van der Waals surface area contributed by atoms with Gasteiger partial charge in [-0.3, -0.25) is 4.57 Å². The first-order valence-electron chi connectivity index (χ1n) is 20.5. The molecule has 0 aliphatic rings. The van der Waals surface area contributed by atoms with Crippen LogP contribution in [0.4, 0.5) is 0 Å². The lowest BCUT2D eigenvalue weighted by molar-refractivity contribution is -0.645. The van der Waals surface area contributed by atoms with E-state index < -0.39 is 12.4 Å². The Morgan fingerprint density at radius 1 is 0.536 bits per heavy atom. The molecule has 0 atom stereocenters. The third-order valence-electron chi connectivity index (χ3n) is 11.5. The third kappa shape index (κ3) is 5.21. The average molecular weight is 725 g/mol. The molecule has 0 bridgehead atoms. The van der Waals surface area contributed by atoms with Gasteiger partial charge in [-0.25, -0.2) is 9.55 Å². The molecule has 0 fully saturated rings. The molecule has 56 heavy (non-hydrogen) atoms. The van der Waals surface area contributed by atoms with Gasteiger partial charge >= 0.3 is 0 Å². The highest BCUT2D eigenvalue weighted by molar-refractivity contribution is 6.09. The summed E-state index contributed by atoms with van der Waals surface area (Å²) in [5.74, 6) is 0.850. The second-order valence-electron chi connectivity index (χ2n) is 14.6. The summed E-state index contributed by atoms with van der Waals surface area (Å²) in [5, 5.41) is 2.29. The number of hydrogen-bond acceptors (Lipinski definition) is 1. The summed E-state index contributed by atoms with van der Waals surface area (Å²) in [6.45, 7) is 1.99. The number of imidazole rings is 1. The number of aromatic nitrogens is 4. The summed E-state index contributed by atoms with van der Waals surface area (Å²) in [6, 6.07) is 63.8. The Bertz CT molecular complexity index is 3120. The van der Waals surface area contributed by atoms with E-state index in [0.29, 0.717) is 5.52 Å². The van der Waals surface area contributed by atoms with Crippen LogP contribution in [0.2, 0.25) is 0 Å². The van der Waals surface area contributed by atoms with Gasteiger partial charge in [0.05, 0.1) is 27.5 Å². The van der Waals surface area contributed by atoms with Gasteiger partial charge in [-0.15, -0.1) is 0 Å². The molecule has 3 heterocycles. The molecule has 0 saturated heterocycles. The number of para-hydroxylation sites is 3. The molecule has 7 aromatic carbocycles. The highest BCUT2D eigenvalue weighted by Crippen LogP contribution is 2.47. The Balaban J connectivity index is 1.27. The Kier molecular flexibility index (Phi) is 7.23. The smallest absolute Gasteiger partial charge is 0.249 e. The van der Waals surface area contributed by atoms with Crippen LogP contribution >= 0.6 is 0 Å². The Morgan fingerprint density at radius 3 is 1.91 bits per heavy atom. The standard InChI is InChI=1S/C52H41N4/c1-36-16-14-17-37(2)51(36)38-30-31-53-50(32-38)56-46-25-11-10-24-44(46)45-29-28-42(34-49(45)56)52(39-18-6-4-7-19-39,40-20-8-5-9-21-40)41-22-15-23-43(33-41)55-35-54(3)47-26-12-13-27-48(47)55/h4-35H,1-3H3/q+1/i3D3. The van der Waals surface area contributed by atoms with E-state index in [1.54, 1.807) is 6.33 Å². The molecule has 0 unspecified atom stereocenters. The van der Waals surface area contributed by atoms with Crippen LogP contribution < -0.4 is 4.57 Å². The van der Waals surface area contributed by atoms with E-state index >= 15 is 0 Å². The summed E-state index contributed by atoms with van der Waals surface area (Å²) in [5.41, 5.74) is 12.8. The predicted molar refractivity (Wildman–Crippen MR) is 230 cm³/mol. The molecule has 0 aliphatic carbocycles. The molecule has 268 valence electrons. The maximum absolute atomic E-state index is 8.35. The number of rotatable bonds is 7. The van der Waals surface area contributed by atoms with Crippen molar-refractivity contribution < 1.29 is 8.68 Å². The molecule has 0 saturated carbocycles. The molecule has 4 heteroatoms. The van der Waals surface area contributed by atoms with Crippen molar-refractivity contribution in [3.63, 3.8) is 0 Å². The molecule has 0 spiro atoms. The van der Waals surface area contributed by atoms with E-state index in [2.05, 4.69) is 176 Å². The summed E-state index contributed by atoms with van der Waals surface area (Å²) >= 11 is 0. The molecule has 0 N–H and O–H groups in total. The fourth-order valence-corrected chi connectivity index (χ4v) is 9.00. The third-order valence-corrected chi connectivity index (χ3v) is 11.5. The van der Waals surface area contributed by atoms with Crippen molar-refractivity contribution in [1.82, 2.24) is 14.1 Å². The minimum Gasteiger partial charge on any atom is -0.294 e. The Labute approximate surface area is 331 Å². The number of aryl methyl sites for hydroxylation is 3. The first kappa shape index (κ1) is 30.3. The zero-order valence-electron chi connectivity index (χ0n) is 34.3. The van der Waals surface area contributed by atoms with E-state index in [1.807, 2.05) is 35.0 Å². The molecule has 0 radical (unpaired) electrons. The van der Waals surface area contributed by atoms with Crippen molar-refractivity contribution in [3.8, 4) is 22.6 Å². The van der Waals surface area contributed by atoms with Crippen LogP contribution in [0.15, 0.2) is 195 Å². The van der Waals surface area contributed by atoms with Crippen molar-refractivity contribution in [2.24, 2.45) is 6.98 Å². The van der Waals surface area contributed by atoms with Crippen molar-refractivity contribution >= 4 is 32.8 Å². The van der Waals surface area contributed by atoms with Crippen LogP contribution in [-0.4, -0.2) is 14.1 Å². The van der Waals surface area contributed by atoms with E-state index in [1.165, 1.54) is 21.3 Å².